The van der Waals surface area contributed by atoms with E-state index in [0.29, 0.717) is 35.9 Å². The van der Waals surface area contributed by atoms with Crippen LogP contribution in [0.25, 0.3) is 11.1 Å². The van der Waals surface area contributed by atoms with Crippen molar-refractivity contribution >= 4 is 17.3 Å². The highest BCUT2D eigenvalue weighted by molar-refractivity contribution is 6.05. The number of amides is 1. The molecular weight excluding hydrogens is 516 g/mol. The predicted molar refractivity (Wildman–Crippen MR) is 168 cm³/mol. The van der Waals surface area contributed by atoms with E-state index in [2.05, 4.69) is 31.4 Å². The lowest BCUT2D eigenvalue weighted by molar-refractivity contribution is 0.102. The van der Waals surface area contributed by atoms with Crippen LogP contribution in [0.3, 0.4) is 0 Å². The van der Waals surface area contributed by atoms with Crippen molar-refractivity contribution in [3.63, 3.8) is 0 Å². The number of benzene rings is 2. The fraction of sp³-hybridized carbons (Fsp3) is 0.312. The highest BCUT2D eigenvalue weighted by Gasteiger charge is 2.16. The zero-order valence-electron chi connectivity index (χ0n) is 25.0. The maximum Gasteiger partial charge on any atom is 0.274 e. The second kappa shape index (κ2) is 13.2. The lowest BCUT2D eigenvalue weighted by atomic mass is 9.86. The molecular formula is C32H42N6O3. The van der Waals surface area contributed by atoms with Gasteiger partial charge in [-0.25, -0.2) is 0 Å². The number of rotatable bonds is 10. The zero-order valence-corrected chi connectivity index (χ0v) is 25.0. The number of nitrogens with one attached hydrogen (secondary N) is 2. The number of carbonyl (C=O) groups is 1. The van der Waals surface area contributed by atoms with E-state index in [-0.39, 0.29) is 22.7 Å². The van der Waals surface area contributed by atoms with Gasteiger partial charge in [0.25, 0.3) is 11.5 Å². The van der Waals surface area contributed by atoms with Crippen molar-refractivity contribution in [2.45, 2.75) is 33.1 Å². The molecule has 9 heteroatoms. The molecule has 0 aliphatic heterocycles. The number of anilines is 2. The van der Waals surface area contributed by atoms with Crippen molar-refractivity contribution in [2.24, 2.45) is 18.5 Å². The van der Waals surface area contributed by atoms with Gasteiger partial charge in [-0.05, 0) is 65.4 Å². The SMILES string of the molecule is COCCN(C)/C(N)=C/C=C(\N)Nc1cc(-c2cccc(NC(=O)c3ccc(C(C)(C)C)cc3)c2C)cn(C)c1=O. The number of methoxy groups -OCH3 is 1. The van der Waals surface area contributed by atoms with E-state index in [1.807, 2.05) is 61.3 Å². The smallest absolute Gasteiger partial charge is 0.274 e. The lowest BCUT2D eigenvalue weighted by Gasteiger charge is -2.19. The van der Waals surface area contributed by atoms with Gasteiger partial charge < -0.3 is 36.3 Å². The average Bonchev–Trinajstić information content (AvgIpc) is 2.93. The molecule has 41 heavy (non-hydrogen) atoms. The van der Waals surface area contributed by atoms with Crippen LogP contribution in [0.2, 0.25) is 0 Å². The van der Waals surface area contributed by atoms with Gasteiger partial charge in [-0.3, -0.25) is 9.59 Å². The van der Waals surface area contributed by atoms with Gasteiger partial charge in [0.2, 0.25) is 0 Å². The Hall–Kier alpha value is -4.50. The van der Waals surface area contributed by atoms with Crippen LogP contribution < -0.4 is 27.7 Å². The van der Waals surface area contributed by atoms with Gasteiger partial charge in [-0.1, -0.05) is 45.0 Å². The second-order valence-corrected chi connectivity index (χ2v) is 11.1. The molecule has 0 unspecified atom stereocenters. The summed E-state index contributed by atoms with van der Waals surface area (Å²) < 4.78 is 6.57. The Balaban J connectivity index is 1.85. The number of aromatic nitrogens is 1. The maximum absolute atomic E-state index is 13.0. The quantitative estimate of drug-likeness (QED) is 0.270. The van der Waals surface area contributed by atoms with Crippen molar-refractivity contribution in [1.82, 2.24) is 9.47 Å². The molecule has 0 saturated carbocycles. The van der Waals surface area contributed by atoms with Crippen molar-refractivity contribution in [2.75, 3.05) is 37.9 Å². The summed E-state index contributed by atoms with van der Waals surface area (Å²) in [4.78, 5) is 27.8. The first kappa shape index (κ1) is 31.0. The van der Waals surface area contributed by atoms with Crippen molar-refractivity contribution in [3.05, 3.63) is 106 Å². The highest BCUT2D eigenvalue weighted by atomic mass is 16.5. The molecule has 3 rings (SSSR count). The standard InChI is InChI=1S/C32H42N6O3/c1-21-25(9-8-10-26(21)36-30(39)22-11-13-24(14-12-22)32(2,3)4)23-19-27(31(40)38(6)20-23)35-28(33)15-16-29(34)37(5)17-18-41-7/h8-16,19-20,35H,17-18,33-34H2,1-7H3,(H,36,39)/b28-15+,29-16+. The van der Waals surface area contributed by atoms with Crippen LogP contribution in [0, 0.1) is 6.92 Å². The second-order valence-electron chi connectivity index (χ2n) is 11.1. The molecule has 0 aliphatic rings. The number of carbonyl (C=O) groups excluding carboxylic acids is 1. The first-order chi connectivity index (χ1) is 19.3. The molecule has 0 saturated heterocycles. The summed E-state index contributed by atoms with van der Waals surface area (Å²) in [6.45, 7) is 9.52. The van der Waals surface area contributed by atoms with Crippen molar-refractivity contribution in [1.29, 1.82) is 0 Å². The molecule has 1 heterocycles. The van der Waals surface area contributed by atoms with Crippen LogP contribution in [0.5, 0.6) is 0 Å². The molecule has 0 spiro atoms. The van der Waals surface area contributed by atoms with Crippen LogP contribution in [0.1, 0.15) is 42.3 Å². The first-order valence-corrected chi connectivity index (χ1v) is 13.4. The lowest BCUT2D eigenvalue weighted by Crippen LogP contribution is -2.27. The Kier molecular flexibility index (Phi) is 10.0. The van der Waals surface area contributed by atoms with E-state index in [1.54, 1.807) is 38.6 Å². The van der Waals surface area contributed by atoms with Gasteiger partial charge in [0.15, 0.2) is 0 Å². The molecule has 1 aromatic heterocycles. The van der Waals surface area contributed by atoms with E-state index >= 15 is 0 Å². The number of nitrogens with zero attached hydrogens (tertiary/aromatic N) is 2. The van der Waals surface area contributed by atoms with E-state index < -0.39 is 0 Å². The molecule has 3 aromatic rings. The maximum atomic E-state index is 13.0. The van der Waals surface area contributed by atoms with Crippen LogP contribution in [0.15, 0.2) is 83.3 Å². The molecule has 0 radical (unpaired) electrons. The van der Waals surface area contributed by atoms with Gasteiger partial charge in [0, 0.05) is 50.8 Å². The molecule has 0 bridgehead atoms. The third kappa shape index (κ3) is 8.02. The molecule has 1 amide bonds. The number of nitrogens with two attached hydrogens (primary N) is 2. The normalized spacial score (nSPS) is 12.3. The molecule has 0 atom stereocenters. The van der Waals surface area contributed by atoms with E-state index in [9.17, 15) is 9.59 Å². The molecule has 0 fully saturated rings. The number of allylic oxidation sites excluding steroid dienone is 2. The Morgan fingerprint density at radius 3 is 2.37 bits per heavy atom. The highest BCUT2D eigenvalue weighted by Crippen LogP contribution is 2.30. The van der Waals surface area contributed by atoms with E-state index in [1.165, 1.54) is 4.57 Å². The van der Waals surface area contributed by atoms with E-state index in [4.69, 9.17) is 16.2 Å². The summed E-state index contributed by atoms with van der Waals surface area (Å²) in [7, 11) is 5.16. The molecule has 9 nitrogen and oxygen atoms in total. The van der Waals surface area contributed by atoms with Crippen LogP contribution in [-0.2, 0) is 17.2 Å². The van der Waals surface area contributed by atoms with Gasteiger partial charge in [-0.2, -0.15) is 0 Å². The minimum Gasteiger partial charge on any atom is -0.385 e. The third-order valence-electron chi connectivity index (χ3n) is 6.87. The summed E-state index contributed by atoms with van der Waals surface area (Å²) in [5.74, 6) is 0.581. The van der Waals surface area contributed by atoms with Crippen LogP contribution in [-0.4, -0.2) is 42.7 Å². The van der Waals surface area contributed by atoms with Gasteiger partial charge >= 0.3 is 0 Å². The largest absolute Gasteiger partial charge is 0.385 e. The van der Waals surface area contributed by atoms with Gasteiger partial charge in [0.1, 0.15) is 11.5 Å². The topological polar surface area (TPSA) is 128 Å². The minimum atomic E-state index is -0.236. The predicted octanol–water partition coefficient (Wildman–Crippen LogP) is 4.50. The third-order valence-corrected chi connectivity index (χ3v) is 6.87. The Morgan fingerprint density at radius 2 is 1.73 bits per heavy atom. The Bertz CT molecular complexity index is 1500. The summed E-state index contributed by atoms with van der Waals surface area (Å²) in [5, 5.41) is 6.03. The Labute approximate surface area is 242 Å². The average molecular weight is 559 g/mol. The van der Waals surface area contributed by atoms with Crippen molar-refractivity contribution < 1.29 is 9.53 Å². The van der Waals surface area contributed by atoms with Crippen molar-refractivity contribution in [3.8, 4) is 11.1 Å². The summed E-state index contributed by atoms with van der Waals surface area (Å²) in [6.07, 6.45) is 5.04. The van der Waals surface area contributed by atoms with Crippen LogP contribution >= 0.6 is 0 Å². The minimum absolute atomic E-state index is 0.00866. The van der Waals surface area contributed by atoms with Gasteiger partial charge in [0.05, 0.1) is 12.4 Å². The zero-order chi connectivity index (χ0) is 30.3. The molecule has 218 valence electrons. The van der Waals surface area contributed by atoms with Gasteiger partial charge in [-0.15, -0.1) is 0 Å². The van der Waals surface area contributed by atoms with Crippen LogP contribution in [0.4, 0.5) is 11.4 Å². The Morgan fingerprint density at radius 1 is 1.05 bits per heavy atom. The molecule has 2 aromatic carbocycles. The van der Waals surface area contributed by atoms with E-state index in [0.717, 1.165) is 22.3 Å². The number of likely N-dealkylation sites (N-methyl/N-ethyl adjacent to an activating group) is 1. The molecule has 6 N–H and O–H groups in total. The first-order valence-electron chi connectivity index (χ1n) is 13.4. The summed E-state index contributed by atoms with van der Waals surface area (Å²) in [5.41, 5.74) is 17.3. The number of aryl methyl sites for hydroxylation is 1. The summed E-state index contributed by atoms with van der Waals surface area (Å²) in [6, 6.07) is 15.1. The fourth-order valence-corrected chi connectivity index (χ4v) is 4.21. The number of ether oxygens (including phenoxy) is 1. The monoisotopic (exact) mass is 558 g/mol. The number of hydrogen-bond acceptors (Lipinski definition) is 7. The molecule has 0 aliphatic carbocycles. The summed E-state index contributed by atoms with van der Waals surface area (Å²) >= 11 is 0. The number of pyridine rings is 1. The fourth-order valence-electron chi connectivity index (χ4n) is 4.21. The number of hydrogen-bond donors (Lipinski definition) is 4.